The first-order valence-electron chi connectivity index (χ1n) is 16.9. The van der Waals surface area contributed by atoms with E-state index >= 15 is 0 Å². The molecule has 1 aromatic carbocycles. The summed E-state index contributed by atoms with van der Waals surface area (Å²) in [7, 11) is -2.67. The monoisotopic (exact) mass is 612 g/mol. The second-order valence-corrected chi connectivity index (χ2v) is 13.8. The predicted octanol–water partition coefficient (Wildman–Crippen LogP) is 10.9. The van der Waals surface area contributed by atoms with E-state index in [-0.39, 0.29) is 6.04 Å². The molecule has 3 unspecified atom stereocenters. The number of hydrogen-bond acceptors (Lipinski definition) is 3. The average molecular weight is 613 g/mol. The van der Waals surface area contributed by atoms with E-state index in [1.54, 1.807) is 6.21 Å². The molecule has 43 heavy (non-hydrogen) atoms. The van der Waals surface area contributed by atoms with Crippen LogP contribution in [0.2, 0.25) is 0 Å². The number of aryl methyl sites for hydroxylation is 1. The van der Waals surface area contributed by atoms with Gasteiger partial charge in [-0.3, -0.25) is 5.09 Å². The van der Waals surface area contributed by atoms with Crippen molar-refractivity contribution >= 4 is 19.2 Å². The molecule has 244 valence electrons. The van der Waals surface area contributed by atoms with Crippen LogP contribution in [0.3, 0.4) is 0 Å². The van der Waals surface area contributed by atoms with Crippen molar-refractivity contribution in [1.82, 2.24) is 9.76 Å². The van der Waals surface area contributed by atoms with Gasteiger partial charge in [-0.1, -0.05) is 117 Å². The summed E-state index contributed by atoms with van der Waals surface area (Å²) < 4.78 is 16.4. The van der Waals surface area contributed by atoms with Crippen molar-refractivity contribution in [2.24, 2.45) is 22.7 Å². The van der Waals surface area contributed by atoms with Gasteiger partial charge in [0.25, 0.3) is 0 Å². The lowest BCUT2D eigenvalue weighted by Crippen LogP contribution is -2.27. The van der Waals surface area contributed by atoms with Crippen molar-refractivity contribution in [2.45, 2.75) is 126 Å². The van der Waals surface area contributed by atoms with E-state index < -0.39 is 7.29 Å². The smallest absolute Gasteiger partial charge is 0.152 e. The maximum atomic E-state index is 14.5. The molecule has 2 rings (SSSR count). The molecule has 0 aliphatic heterocycles. The number of hydrogen-bond donors (Lipinski definition) is 2. The van der Waals surface area contributed by atoms with Gasteiger partial charge in [0.1, 0.15) is 0 Å². The molecule has 5 nitrogen and oxygen atoms in total. The summed E-state index contributed by atoms with van der Waals surface area (Å²) in [6.07, 6.45) is 11.5. The van der Waals surface area contributed by atoms with Gasteiger partial charge in [0.15, 0.2) is 7.29 Å². The highest BCUT2D eigenvalue weighted by atomic mass is 31.2. The fourth-order valence-electron chi connectivity index (χ4n) is 5.27. The quantitative estimate of drug-likeness (QED) is 0.0941. The number of aromatic nitrogens is 1. The normalized spacial score (nSPS) is 13.8. The van der Waals surface area contributed by atoms with Gasteiger partial charge in [-0.2, -0.15) is 5.10 Å². The molecule has 0 fully saturated rings. The second kappa shape index (κ2) is 23.1. The summed E-state index contributed by atoms with van der Waals surface area (Å²) in [6, 6.07) is 14.4. The lowest BCUT2D eigenvalue weighted by Gasteiger charge is -2.27. The van der Waals surface area contributed by atoms with E-state index in [2.05, 4.69) is 69.2 Å². The van der Waals surface area contributed by atoms with Gasteiger partial charge in [-0.15, -0.1) is 0 Å². The molecule has 3 N–H and O–H groups in total. The highest BCUT2D eigenvalue weighted by Crippen LogP contribution is 2.47. The Morgan fingerprint density at radius 3 is 2.09 bits per heavy atom. The third-order valence-electron chi connectivity index (χ3n) is 8.13. The van der Waals surface area contributed by atoms with Gasteiger partial charge in [0, 0.05) is 30.3 Å². The van der Waals surface area contributed by atoms with Gasteiger partial charge in [0.05, 0.1) is 11.4 Å². The summed E-state index contributed by atoms with van der Waals surface area (Å²) in [5, 5.41) is 8.10. The van der Waals surface area contributed by atoms with Gasteiger partial charge in [-0.05, 0) is 75.5 Å². The van der Waals surface area contributed by atoms with Crippen LogP contribution in [0.1, 0.15) is 124 Å². The number of nitrogens with zero attached hydrogens (tertiary/aromatic N) is 2. The van der Waals surface area contributed by atoms with Gasteiger partial charge >= 0.3 is 0 Å². The Morgan fingerprint density at radius 1 is 0.953 bits per heavy atom. The molecule has 0 aliphatic rings. The molecular weight excluding hydrogens is 547 g/mol. The zero-order chi connectivity index (χ0) is 32.8. The minimum Gasteiger partial charge on any atom is -0.397 e. The highest BCUT2D eigenvalue weighted by molar-refractivity contribution is 7.61. The number of nitrogens with one attached hydrogen (secondary N) is 1. The number of benzene rings is 1. The SMILES string of the molecule is C=C(N)c1ccc(CCC(CC)CCP(=O)(Cc2ccccc2)NC(C)C(=C)CCC(CC)CC)n1/N=C\C.CC.CC. The predicted molar refractivity (Wildman–Crippen MR) is 194 cm³/mol. The molecule has 0 saturated carbocycles. The molecule has 2 aromatic rings. The van der Waals surface area contributed by atoms with Crippen LogP contribution in [0.5, 0.6) is 0 Å². The third-order valence-corrected chi connectivity index (χ3v) is 10.8. The van der Waals surface area contributed by atoms with E-state index in [0.29, 0.717) is 23.9 Å². The minimum absolute atomic E-state index is 0.0342. The molecule has 6 heteroatoms. The number of rotatable bonds is 19. The zero-order valence-electron chi connectivity index (χ0n) is 29.2. The molecule has 0 spiro atoms. The van der Waals surface area contributed by atoms with E-state index in [4.69, 9.17) is 5.73 Å². The summed E-state index contributed by atoms with van der Waals surface area (Å²) in [5.41, 5.74) is 10.7. The molecule has 0 bridgehead atoms. The molecule has 0 radical (unpaired) electrons. The van der Waals surface area contributed by atoms with Crippen molar-refractivity contribution in [2.75, 3.05) is 6.16 Å². The zero-order valence-corrected chi connectivity index (χ0v) is 30.1. The van der Waals surface area contributed by atoms with E-state index in [1.807, 2.05) is 63.6 Å². The first-order valence-corrected chi connectivity index (χ1v) is 19.0. The topological polar surface area (TPSA) is 72.4 Å². The Balaban J connectivity index is 0.00000422. The van der Waals surface area contributed by atoms with Crippen LogP contribution >= 0.6 is 7.29 Å². The van der Waals surface area contributed by atoms with Crippen LogP contribution < -0.4 is 10.8 Å². The van der Waals surface area contributed by atoms with Crippen LogP contribution in [-0.4, -0.2) is 23.1 Å². The first-order chi connectivity index (χ1) is 20.7. The van der Waals surface area contributed by atoms with Crippen LogP contribution in [0.25, 0.3) is 5.70 Å². The molecule has 0 aliphatic carbocycles. The molecule has 3 atom stereocenters. The van der Waals surface area contributed by atoms with E-state index in [9.17, 15) is 4.57 Å². The highest BCUT2D eigenvalue weighted by Gasteiger charge is 2.27. The maximum Gasteiger partial charge on any atom is 0.152 e. The minimum atomic E-state index is -2.67. The average Bonchev–Trinajstić information content (AvgIpc) is 3.43. The van der Waals surface area contributed by atoms with Crippen LogP contribution in [0.4, 0.5) is 0 Å². The lowest BCUT2D eigenvalue weighted by atomic mass is 9.94. The van der Waals surface area contributed by atoms with E-state index in [1.165, 1.54) is 12.8 Å². The molecule has 1 aromatic heterocycles. The Hall–Kier alpha value is -2.36. The second-order valence-electron chi connectivity index (χ2n) is 11.0. The Morgan fingerprint density at radius 2 is 1.56 bits per heavy atom. The van der Waals surface area contributed by atoms with Gasteiger partial charge in [-0.25, -0.2) is 4.68 Å². The molecule has 1 heterocycles. The fraction of sp³-hybridized carbons (Fsp3) is 0.595. The largest absolute Gasteiger partial charge is 0.397 e. The number of nitrogens with two attached hydrogens (primary N) is 1. The molecule has 0 saturated heterocycles. The standard InChI is InChI=1S/C33H53N4OP.2C2H6/c1-8-29(9-2)18-17-26(5)28(7)36-39(38,25-31-15-13-12-14-16-31)24-23-30(10-3)19-20-32-21-22-33(27(6)34)37(32)35-11-4;2*1-2/h11-16,21-22,28-30H,5-6,8-10,17-20,23-25,34H2,1-4,7H3,(H,36,38);2*1-2H3/b35-11-;;. The van der Waals surface area contributed by atoms with Crippen LogP contribution in [-0.2, 0) is 17.1 Å². The van der Waals surface area contributed by atoms with Crippen molar-refractivity contribution < 1.29 is 4.57 Å². The Bertz CT molecular complexity index is 1100. The van der Waals surface area contributed by atoms with Crippen LogP contribution in [0.15, 0.2) is 66.3 Å². The van der Waals surface area contributed by atoms with Crippen LogP contribution in [0, 0.1) is 11.8 Å². The van der Waals surface area contributed by atoms with Crippen molar-refractivity contribution in [1.29, 1.82) is 0 Å². The fourth-order valence-corrected chi connectivity index (χ4v) is 8.12. The van der Waals surface area contributed by atoms with Crippen molar-refractivity contribution in [3.8, 4) is 0 Å². The third kappa shape index (κ3) is 14.8. The molecular formula is C37H65N4OP. The summed E-state index contributed by atoms with van der Waals surface area (Å²) in [6.45, 7) is 27.1. The van der Waals surface area contributed by atoms with Crippen molar-refractivity contribution in [3.63, 3.8) is 0 Å². The van der Waals surface area contributed by atoms with Crippen molar-refractivity contribution in [3.05, 3.63) is 78.1 Å². The molecule has 0 amide bonds. The van der Waals surface area contributed by atoms with Gasteiger partial charge < -0.3 is 10.3 Å². The van der Waals surface area contributed by atoms with Gasteiger partial charge in [0.2, 0.25) is 0 Å². The lowest BCUT2D eigenvalue weighted by molar-refractivity contribution is 0.444. The van der Waals surface area contributed by atoms with E-state index in [0.717, 1.165) is 67.0 Å². The Labute approximate surface area is 265 Å². The maximum absolute atomic E-state index is 14.5. The summed E-state index contributed by atoms with van der Waals surface area (Å²) in [4.78, 5) is 0. The first kappa shape index (κ1) is 40.6. The summed E-state index contributed by atoms with van der Waals surface area (Å²) >= 11 is 0. The summed E-state index contributed by atoms with van der Waals surface area (Å²) in [5.74, 6) is 1.21. The Kier molecular flexibility index (Phi) is 21.8.